The van der Waals surface area contributed by atoms with Crippen LogP contribution in [0, 0.1) is 34.5 Å². The first kappa shape index (κ1) is 13.8. The van der Waals surface area contributed by atoms with Crippen molar-refractivity contribution in [3.8, 4) is 0 Å². The summed E-state index contributed by atoms with van der Waals surface area (Å²) in [4.78, 5) is 11.7. The summed E-state index contributed by atoms with van der Waals surface area (Å²) in [5.74, 6) is 3.60. The van der Waals surface area contributed by atoms with Crippen LogP contribution in [0.4, 0.5) is 0 Å². The monoisotopic (exact) mass is 287 g/mol. The second-order valence-electron chi connectivity index (χ2n) is 8.74. The minimum Gasteiger partial charge on any atom is -0.349 e. The summed E-state index contributed by atoms with van der Waals surface area (Å²) in [7, 11) is 0. The lowest BCUT2D eigenvalue weighted by molar-refractivity contribution is -0.122. The zero-order valence-electron chi connectivity index (χ0n) is 13.7. The first-order chi connectivity index (χ1) is 9.95. The molecule has 4 aliphatic rings. The predicted molar refractivity (Wildman–Crippen MR) is 84.6 cm³/mol. The normalized spacial score (nSPS) is 55.4. The van der Waals surface area contributed by atoms with Crippen molar-refractivity contribution in [1.29, 1.82) is 0 Å². The van der Waals surface area contributed by atoms with Gasteiger partial charge in [0.15, 0.2) is 0 Å². The van der Waals surface area contributed by atoms with Gasteiger partial charge in [-0.25, -0.2) is 0 Å². The van der Waals surface area contributed by atoms with E-state index in [0.717, 1.165) is 23.7 Å². The number of carbonyl (C=O) groups excluding carboxylic acids is 1. The van der Waals surface area contributed by atoms with E-state index in [-0.39, 0.29) is 11.3 Å². The van der Waals surface area contributed by atoms with Crippen LogP contribution in [0.25, 0.3) is 0 Å². The average molecular weight is 287 g/mol. The fourth-order valence-corrected chi connectivity index (χ4v) is 6.60. The van der Waals surface area contributed by atoms with Crippen molar-refractivity contribution in [2.75, 3.05) is 0 Å². The molecule has 1 aliphatic heterocycles. The number of nitrogens with one attached hydrogen (secondary N) is 1. The van der Waals surface area contributed by atoms with E-state index in [1.165, 1.54) is 38.5 Å². The van der Waals surface area contributed by atoms with Gasteiger partial charge >= 0.3 is 0 Å². The molecule has 3 aliphatic carbocycles. The fourth-order valence-electron chi connectivity index (χ4n) is 6.60. The van der Waals surface area contributed by atoms with Crippen molar-refractivity contribution < 1.29 is 4.79 Å². The van der Waals surface area contributed by atoms with Crippen LogP contribution in [0.1, 0.15) is 59.3 Å². The maximum absolute atomic E-state index is 11.7. The van der Waals surface area contributed by atoms with Gasteiger partial charge in [-0.1, -0.05) is 26.8 Å². The number of amides is 1. The van der Waals surface area contributed by atoms with E-state index < -0.39 is 0 Å². The number of hydrogen-bond acceptors (Lipinski definition) is 1. The van der Waals surface area contributed by atoms with Gasteiger partial charge in [0.05, 0.1) is 0 Å². The molecule has 0 saturated heterocycles. The molecule has 2 nitrogen and oxygen atoms in total. The Morgan fingerprint density at radius 1 is 1.10 bits per heavy atom. The van der Waals surface area contributed by atoms with Gasteiger partial charge in [-0.05, 0) is 73.7 Å². The second kappa shape index (κ2) is 4.36. The Balaban J connectivity index is 1.68. The second-order valence-corrected chi connectivity index (χ2v) is 8.74. The molecule has 0 aromatic heterocycles. The molecule has 1 N–H and O–H groups in total. The van der Waals surface area contributed by atoms with Gasteiger partial charge in [0.2, 0.25) is 5.91 Å². The molecule has 0 radical (unpaired) electrons. The van der Waals surface area contributed by atoms with Crippen LogP contribution in [-0.2, 0) is 4.79 Å². The first-order valence-electron chi connectivity index (χ1n) is 8.95. The maximum Gasteiger partial charge on any atom is 0.243 e. The van der Waals surface area contributed by atoms with Crippen LogP contribution >= 0.6 is 0 Å². The molecule has 2 heteroatoms. The molecular weight excluding hydrogens is 258 g/mol. The van der Waals surface area contributed by atoms with Crippen molar-refractivity contribution >= 4 is 5.91 Å². The summed E-state index contributed by atoms with van der Waals surface area (Å²) < 4.78 is 0. The lowest BCUT2D eigenvalue weighted by atomic mass is 9.48. The third kappa shape index (κ3) is 1.74. The van der Waals surface area contributed by atoms with Crippen LogP contribution < -0.4 is 5.32 Å². The molecule has 0 bridgehead atoms. The third-order valence-corrected chi connectivity index (χ3v) is 8.16. The average Bonchev–Trinajstić information content (AvgIpc) is 2.76. The Bertz CT molecular complexity index is 498. The SMILES string of the molecule is CC1CCC2C3CCC4NC(=O)C=C[C@]4(C)C3CC[C@]12C. The summed E-state index contributed by atoms with van der Waals surface area (Å²) in [6.07, 6.45) is 12.2. The largest absolute Gasteiger partial charge is 0.349 e. The number of hydrogen-bond donors (Lipinski definition) is 1. The standard InChI is InChI=1S/C19H29NO/c1-12-4-6-14-13-5-7-16-19(3,11-9-17(21)20-16)15(13)8-10-18(12,14)2/h9,11-16H,4-8,10H2,1-3H3,(H,20,21)/t12?,13?,14?,15?,16?,18-,19-/m1/s1. The molecule has 0 aromatic rings. The van der Waals surface area contributed by atoms with Gasteiger partial charge in [-0.15, -0.1) is 0 Å². The highest BCUT2D eigenvalue weighted by molar-refractivity contribution is 5.89. The number of fused-ring (bicyclic) bond motifs is 5. The van der Waals surface area contributed by atoms with E-state index in [1.54, 1.807) is 6.08 Å². The Kier molecular flexibility index (Phi) is 2.88. The Hall–Kier alpha value is -0.790. The van der Waals surface area contributed by atoms with Crippen molar-refractivity contribution in [3.63, 3.8) is 0 Å². The zero-order chi connectivity index (χ0) is 14.8. The summed E-state index contributed by atoms with van der Waals surface area (Å²) in [6, 6.07) is 0.374. The lowest BCUT2D eigenvalue weighted by Crippen LogP contribution is -2.59. The Labute approximate surface area is 128 Å². The van der Waals surface area contributed by atoms with Crippen molar-refractivity contribution in [3.05, 3.63) is 12.2 Å². The van der Waals surface area contributed by atoms with Gasteiger partial charge in [0.25, 0.3) is 0 Å². The summed E-state index contributed by atoms with van der Waals surface area (Å²) >= 11 is 0. The van der Waals surface area contributed by atoms with Gasteiger partial charge in [-0.2, -0.15) is 0 Å². The molecule has 0 aromatic carbocycles. The molecule has 7 atom stereocenters. The van der Waals surface area contributed by atoms with Crippen LogP contribution in [0.2, 0.25) is 0 Å². The van der Waals surface area contributed by atoms with E-state index in [4.69, 9.17) is 0 Å². The van der Waals surface area contributed by atoms with Crippen LogP contribution in [-0.4, -0.2) is 11.9 Å². The Morgan fingerprint density at radius 3 is 2.71 bits per heavy atom. The fraction of sp³-hybridized carbons (Fsp3) is 0.842. The molecule has 4 rings (SSSR count). The van der Waals surface area contributed by atoms with E-state index >= 15 is 0 Å². The van der Waals surface area contributed by atoms with E-state index in [2.05, 4.69) is 32.2 Å². The molecule has 21 heavy (non-hydrogen) atoms. The zero-order valence-corrected chi connectivity index (χ0v) is 13.7. The van der Waals surface area contributed by atoms with Crippen molar-refractivity contribution in [2.45, 2.75) is 65.3 Å². The van der Waals surface area contributed by atoms with E-state index in [9.17, 15) is 4.79 Å². The van der Waals surface area contributed by atoms with Crippen LogP contribution in [0.15, 0.2) is 12.2 Å². The summed E-state index contributed by atoms with van der Waals surface area (Å²) in [5.41, 5.74) is 0.788. The van der Waals surface area contributed by atoms with Gasteiger partial charge < -0.3 is 5.32 Å². The number of carbonyl (C=O) groups is 1. The molecule has 1 heterocycles. The lowest BCUT2D eigenvalue weighted by Gasteiger charge is -2.58. The van der Waals surface area contributed by atoms with Crippen LogP contribution in [0.3, 0.4) is 0 Å². The third-order valence-electron chi connectivity index (χ3n) is 8.16. The van der Waals surface area contributed by atoms with Gasteiger partial charge in [0, 0.05) is 11.5 Å². The molecule has 3 fully saturated rings. The Morgan fingerprint density at radius 2 is 1.90 bits per heavy atom. The molecule has 5 unspecified atom stereocenters. The molecule has 0 spiro atoms. The number of rotatable bonds is 0. The van der Waals surface area contributed by atoms with Gasteiger partial charge in [0.1, 0.15) is 0 Å². The maximum atomic E-state index is 11.7. The highest BCUT2D eigenvalue weighted by Crippen LogP contribution is 2.64. The smallest absolute Gasteiger partial charge is 0.243 e. The minimum atomic E-state index is 0.117. The minimum absolute atomic E-state index is 0.117. The molecule has 116 valence electrons. The van der Waals surface area contributed by atoms with Crippen molar-refractivity contribution in [1.82, 2.24) is 5.32 Å². The highest BCUT2D eigenvalue weighted by Gasteiger charge is 2.58. The first-order valence-corrected chi connectivity index (χ1v) is 8.95. The van der Waals surface area contributed by atoms with Crippen LogP contribution in [0.5, 0.6) is 0 Å². The predicted octanol–water partition coefficient (Wildman–Crippen LogP) is 3.92. The molecule has 3 saturated carbocycles. The topological polar surface area (TPSA) is 29.1 Å². The van der Waals surface area contributed by atoms with E-state index in [0.29, 0.717) is 11.5 Å². The summed E-state index contributed by atoms with van der Waals surface area (Å²) in [6.45, 7) is 7.46. The molecular formula is C19H29NO. The molecule has 1 amide bonds. The summed E-state index contributed by atoms with van der Waals surface area (Å²) in [5, 5.41) is 3.24. The quantitative estimate of drug-likeness (QED) is 0.719. The highest BCUT2D eigenvalue weighted by atomic mass is 16.1. The van der Waals surface area contributed by atoms with E-state index in [1.807, 2.05) is 0 Å². The van der Waals surface area contributed by atoms with Gasteiger partial charge in [-0.3, -0.25) is 4.79 Å². The van der Waals surface area contributed by atoms with Crippen molar-refractivity contribution in [2.24, 2.45) is 34.5 Å².